The Labute approximate surface area is 117 Å². The fourth-order valence-corrected chi connectivity index (χ4v) is 1.97. The number of urea groups is 1. The molecule has 0 unspecified atom stereocenters. The molecule has 0 aliphatic carbocycles. The Morgan fingerprint density at radius 3 is 2.75 bits per heavy atom. The van der Waals surface area contributed by atoms with Crippen LogP contribution in [0.3, 0.4) is 0 Å². The Balaban J connectivity index is 1.81. The summed E-state index contributed by atoms with van der Waals surface area (Å²) < 4.78 is 3.69. The number of nitrogens with one attached hydrogen (secondary N) is 2. The topological polar surface area (TPSA) is 89.7 Å². The number of carbonyl (C=O) groups excluding carboxylic acids is 1. The zero-order chi connectivity index (χ0) is 14.5. The lowest BCUT2D eigenvalue weighted by atomic mass is 10.3. The number of amides is 2. The van der Waals surface area contributed by atoms with Crippen molar-refractivity contribution in [2.24, 2.45) is 7.05 Å². The molecule has 8 nitrogen and oxygen atoms in total. The molecule has 2 atom stereocenters. The first kappa shape index (κ1) is 14.0. The van der Waals surface area contributed by atoms with Crippen molar-refractivity contribution in [1.82, 2.24) is 34.9 Å². The number of carbonyl (C=O) groups is 1. The van der Waals surface area contributed by atoms with E-state index in [9.17, 15) is 4.79 Å². The fraction of sp³-hybridized carbons (Fsp3) is 0.500. The first-order valence-corrected chi connectivity index (χ1v) is 6.43. The quantitative estimate of drug-likeness (QED) is 0.831. The van der Waals surface area contributed by atoms with Crippen LogP contribution in [-0.4, -0.2) is 36.4 Å². The fourth-order valence-electron chi connectivity index (χ4n) is 1.97. The highest BCUT2D eigenvalue weighted by atomic mass is 16.2. The molecule has 0 fully saturated rings. The lowest BCUT2D eigenvalue weighted by Gasteiger charge is -2.18. The lowest BCUT2D eigenvalue weighted by Crippen LogP contribution is -2.43. The van der Waals surface area contributed by atoms with Gasteiger partial charge in [-0.25, -0.2) is 9.78 Å². The number of aromatic nitrogens is 5. The molecule has 108 valence electrons. The van der Waals surface area contributed by atoms with Crippen molar-refractivity contribution in [3.8, 4) is 0 Å². The van der Waals surface area contributed by atoms with Gasteiger partial charge in [-0.1, -0.05) is 0 Å². The predicted molar refractivity (Wildman–Crippen MR) is 72.8 cm³/mol. The highest BCUT2D eigenvalue weighted by Crippen LogP contribution is 2.06. The molecular weight excluding hydrogens is 258 g/mol. The molecule has 2 aromatic heterocycles. The first-order chi connectivity index (χ1) is 9.56. The largest absolute Gasteiger partial charge is 0.335 e. The maximum atomic E-state index is 11.9. The monoisotopic (exact) mass is 277 g/mol. The van der Waals surface area contributed by atoms with Gasteiger partial charge in [-0.2, -0.15) is 0 Å². The van der Waals surface area contributed by atoms with Gasteiger partial charge in [0.2, 0.25) is 0 Å². The smallest absolute Gasteiger partial charge is 0.315 e. The number of imidazole rings is 1. The number of hydrogen-bond donors (Lipinski definition) is 2. The summed E-state index contributed by atoms with van der Waals surface area (Å²) >= 11 is 0. The summed E-state index contributed by atoms with van der Waals surface area (Å²) in [5.41, 5.74) is 0. The number of aryl methyl sites for hydroxylation is 1. The van der Waals surface area contributed by atoms with Crippen LogP contribution in [-0.2, 0) is 13.6 Å². The van der Waals surface area contributed by atoms with Crippen LogP contribution in [0.4, 0.5) is 4.79 Å². The molecule has 0 saturated carbocycles. The molecule has 2 heterocycles. The van der Waals surface area contributed by atoms with Gasteiger partial charge in [-0.15, -0.1) is 10.2 Å². The average molecular weight is 277 g/mol. The molecule has 0 radical (unpaired) electrons. The summed E-state index contributed by atoms with van der Waals surface area (Å²) in [7, 11) is 1.84. The van der Waals surface area contributed by atoms with Gasteiger partial charge < -0.3 is 19.8 Å². The Hall–Kier alpha value is -2.38. The van der Waals surface area contributed by atoms with E-state index in [0.29, 0.717) is 12.4 Å². The van der Waals surface area contributed by atoms with E-state index >= 15 is 0 Å². The molecule has 0 aliphatic heterocycles. The summed E-state index contributed by atoms with van der Waals surface area (Å²) in [6.45, 7) is 4.47. The van der Waals surface area contributed by atoms with Gasteiger partial charge in [0.1, 0.15) is 6.33 Å². The van der Waals surface area contributed by atoms with Gasteiger partial charge in [-0.3, -0.25) is 0 Å². The van der Waals surface area contributed by atoms with Crippen molar-refractivity contribution in [3.63, 3.8) is 0 Å². The molecule has 0 saturated heterocycles. The van der Waals surface area contributed by atoms with Gasteiger partial charge in [0, 0.05) is 32.0 Å². The van der Waals surface area contributed by atoms with Gasteiger partial charge in [0.05, 0.1) is 12.4 Å². The Morgan fingerprint density at radius 2 is 2.15 bits per heavy atom. The third-order valence-corrected chi connectivity index (χ3v) is 2.90. The molecule has 0 aliphatic rings. The van der Waals surface area contributed by atoms with E-state index in [2.05, 4.69) is 25.8 Å². The van der Waals surface area contributed by atoms with Gasteiger partial charge >= 0.3 is 6.03 Å². The maximum absolute atomic E-state index is 11.9. The predicted octanol–water partition coefficient (Wildman–Crippen LogP) is 0.460. The van der Waals surface area contributed by atoms with E-state index in [1.165, 1.54) is 0 Å². The third-order valence-electron chi connectivity index (χ3n) is 2.90. The molecule has 0 aromatic carbocycles. The van der Waals surface area contributed by atoms with E-state index < -0.39 is 0 Å². The summed E-state index contributed by atoms with van der Waals surface area (Å²) in [6, 6.07) is -0.438. The van der Waals surface area contributed by atoms with E-state index in [1.807, 2.05) is 31.7 Å². The van der Waals surface area contributed by atoms with Crippen molar-refractivity contribution < 1.29 is 4.79 Å². The summed E-state index contributed by atoms with van der Waals surface area (Å²) in [4.78, 5) is 15.9. The van der Waals surface area contributed by atoms with Crippen molar-refractivity contribution in [3.05, 3.63) is 30.9 Å². The summed E-state index contributed by atoms with van der Waals surface area (Å²) in [6.07, 6.45) is 6.90. The van der Waals surface area contributed by atoms with Crippen molar-refractivity contribution >= 4 is 6.03 Å². The first-order valence-electron chi connectivity index (χ1n) is 6.43. The molecule has 0 spiro atoms. The standard InChI is InChI=1S/C12H19N7O/c1-9(6-19-5-4-13-7-19)15-12(20)16-10(2)11-17-14-8-18(11)3/h4-5,7-10H,6H2,1-3H3,(H2,15,16,20)/t9-,10-/m0/s1. The zero-order valence-corrected chi connectivity index (χ0v) is 11.8. The molecule has 20 heavy (non-hydrogen) atoms. The number of rotatable bonds is 5. The molecule has 8 heteroatoms. The number of nitrogens with zero attached hydrogens (tertiary/aromatic N) is 5. The van der Waals surface area contributed by atoms with Crippen LogP contribution >= 0.6 is 0 Å². The van der Waals surface area contributed by atoms with Crippen LogP contribution in [0.25, 0.3) is 0 Å². The summed E-state index contributed by atoms with van der Waals surface area (Å²) in [5, 5.41) is 13.5. The minimum absolute atomic E-state index is 0.00380. The second-order valence-electron chi connectivity index (χ2n) is 4.80. The normalized spacial score (nSPS) is 13.8. The minimum atomic E-state index is -0.229. The highest BCUT2D eigenvalue weighted by molar-refractivity contribution is 5.74. The molecule has 2 rings (SSSR count). The maximum Gasteiger partial charge on any atom is 0.315 e. The lowest BCUT2D eigenvalue weighted by molar-refractivity contribution is 0.233. The average Bonchev–Trinajstić information content (AvgIpc) is 2.99. The second-order valence-corrected chi connectivity index (χ2v) is 4.80. The van der Waals surface area contributed by atoms with E-state index in [0.717, 1.165) is 0 Å². The minimum Gasteiger partial charge on any atom is -0.335 e. The van der Waals surface area contributed by atoms with Crippen LogP contribution in [0.1, 0.15) is 25.7 Å². The molecule has 2 aromatic rings. The Bertz CT molecular complexity index is 548. The van der Waals surface area contributed by atoms with Crippen molar-refractivity contribution in [2.45, 2.75) is 32.5 Å². The van der Waals surface area contributed by atoms with E-state index in [4.69, 9.17) is 0 Å². The van der Waals surface area contributed by atoms with Crippen molar-refractivity contribution in [1.29, 1.82) is 0 Å². The van der Waals surface area contributed by atoms with E-state index in [-0.39, 0.29) is 18.1 Å². The molecule has 2 N–H and O–H groups in total. The Morgan fingerprint density at radius 1 is 1.35 bits per heavy atom. The van der Waals surface area contributed by atoms with Crippen LogP contribution in [0.15, 0.2) is 25.0 Å². The molecular formula is C12H19N7O. The summed E-state index contributed by atoms with van der Waals surface area (Å²) in [5.74, 6) is 0.711. The number of hydrogen-bond acceptors (Lipinski definition) is 4. The third kappa shape index (κ3) is 3.56. The second kappa shape index (κ2) is 6.18. The van der Waals surface area contributed by atoms with Crippen LogP contribution in [0, 0.1) is 0 Å². The van der Waals surface area contributed by atoms with Gasteiger partial charge in [-0.05, 0) is 13.8 Å². The molecule has 0 bridgehead atoms. The van der Waals surface area contributed by atoms with Gasteiger partial charge in [0.15, 0.2) is 5.82 Å². The SMILES string of the molecule is C[C@H](NC(=O)N[C@@H](C)Cn1ccnc1)c1nncn1C. The highest BCUT2D eigenvalue weighted by Gasteiger charge is 2.15. The zero-order valence-electron chi connectivity index (χ0n) is 11.8. The van der Waals surface area contributed by atoms with Crippen molar-refractivity contribution in [2.75, 3.05) is 0 Å². The Kier molecular flexibility index (Phi) is 4.34. The van der Waals surface area contributed by atoms with Crippen LogP contribution < -0.4 is 10.6 Å². The van der Waals surface area contributed by atoms with E-state index in [1.54, 1.807) is 23.4 Å². The van der Waals surface area contributed by atoms with Crippen LogP contribution in [0.5, 0.6) is 0 Å². The van der Waals surface area contributed by atoms with Gasteiger partial charge in [0.25, 0.3) is 0 Å². The van der Waals surface area contributed by atoms with Crippen LogP contribution in [0.2, 0.25) is 0 Å². The molecule has 2 amide bonds.